The van der Waals surface area contributed by atoms with Gasteiger partial charge in [0.25, 0.3) is 0 Å². The molecule has 4 aromatic rings. The number of para-hydroxylation sites is 1. The number of rotatable bonds is 4. The molecule has 0 N–H and O–H groups in total. The summed E-state index contributed by atoms with van der Waals surface area (Å²) >= 11 is 0. The number of aryl methyl sites for hydroxylation is 2. The number of fused-ring (bicyclic) bond motifs is 2. The van der Waals surface area contributed by atoms with Crippen LogP contribution in [0.15, 0.2) is 85.1 Å². The highest BCUT2D eigenvalue weighted by atomic mass is 16.5. The van der Waals surface area contributed by atoms with E-state index in [-0.39, 0.29) is 6.10 Å². The molecule has 1 aliphatic carbocycles. The molecule has 0 amide bonds. The molecular weight excluding hydrogens is 346 g/mol. The molecule has 5 rings (SSSR count). The van der Waals surface area contributed by atoms with E-state index >= 15 is 0 Å². The van der Waals surface area contributed by atoms with Gasteiger partial charge in [-0.3, -0.25) is 0 Å². The number of benzene rings is 3. The lowest BCUT2D eigenvalue weighted by molar-refractivity contribution is 0.0641. The second-order valence-electron chi connectivity index (χ2n) is 7.08. The zero-order valence-electron chi connectivity index (χ0n) is 15.5. The van der Waals surface area contributed by atoms with Crippen molar-refractivity contribution in [3.63, 3.8) is 0 Å². The molecule has 3 aromatic carbocycles. The molecule has 0 aliphatic heterocycles. The molecule has 0 saturated heterocycles. The normalized spacial score (nSPS) is 13.6. The average Bonchev–Trinajstić information content (AvgIpc) is 3.17. The lowest BCUT2D eigenvalue weighted by atomic mass is 9.97. The maximum atomic E-state index is 6.44. The Hall–Kier alpha value is -3.24. The fourth-order valence-electron chi connectivity index (χ4n) is 3.89. The third-order valence-corrected chi connectivity index (χ3v) is 5.30. The first-order valence-corrected chi connectivity index (χ1v) is 9.62. The van der Waals surface area contributed by atoms with Gasteiger partial charge in [-0.25, -0.2) is 4.68 Å². The van der Waals surface area contributed by atoms with E-state index < -0.39 is 0 Å². The van der Waals surface area contributed by atoms with E-state index in [1.54, 1.807) is 4.68 Å². The minimum Gasteiger partial charge on any atom is -0.362 e. The predicted octanol–water partition coefficient (Wildman–Crippen LogP) is 4.67. The van der Waals surface area contributed by atoms with Crippen LogP contribution < -0.4 is 0 Å². The zero-order chi connectivity index (χ0) is 18.8. The van der Waals surface area contributed by atoms with Gasteiger partial charge in [0.15, 0.2) is 0 Å². The summed E-state index contributed by atoms with van der Waals surface area (Å²) in [5, 5.41) is 8.54. The Morgan fingerprint density at radius 3 is 2.07 bits per heavy atom. The van der Waals surface area contributed by atoms with E-state index in [4.69, 9.17) is 4.74 Å². The van der Waals surface area contributed by atoms with Crippen molar-refractivity contribution in [2.45, 2.75) is 25.6 Å². The van der Waals surface area contributed by atoms with Crippen LogP contribution >= 0.6 is 0 Å². The number of aromatic nitrogens is 3. The molecule has 4 heteroatoms. The SMILES string of the molecule is c1ccc(-n2cc(COC3c4ccccc4CCc4ccccc43)nn2)cc1. The first-order chi connectivity index (χ1) is 13.9. The van der Waals surface area contributed by atoms with Crippen LogP contribution in [0.25, 0.3) is 5.69 Å². The molecule has 138 valence electrons. The smallest absolute Gasteiger partial charge is 0.109 e. The third kappa shape index (κ3) is 3.23. The van der Waals surface area contributed by atoms with E-state index in [1.807, 2.05) is 36.5 Å². The summed E-state index contributed by atoms with van der Waals surface area (Å²) in [4.78, 5) is 0. The van der Waals surface area contributed by atoms with Crippen molar-refractivity contribution in [2.24, 2.45) is 0 Å². The van der Waals surface area contributed by atoms with Crippen LogP contribution in [0.5, 0.6) is 0 Å². The minimum atomic E-state index is -0.0863. The molecule has 0 saturated carbocycles. The Morgan fingerprint density at radius 1 is 0.786 bits per heavy atom. The third-order valence-electron chi connectivity index (χ3n) is 5.30. The highest BCUT2D eigenvalue weighted by Gasteiger charge is 2.24. The fourth-order valence-corrected chi connectivity index (χ4v) is 3.89. The Bertz CT molecular complexity index is 1040. The van der Waals surface area contributed by atoms with Crippen LogP contribution in [0, 0.1) is 0 Å². The highest BCUT2D eigenvalue weighted by molar-refractivity contribution is 5.43. The maximum absolute atomic E-state index is 6.44. The summed E-state index contributed by atoms with van der Waals surface area (Å²) in [5.74, 6) is 0. The number of ether oxygens (including phenoxy) is 1. The van der Waals surface area contributed by atoms with E-state index in [2.05, 4.69) is 58.8 Å². The van der Waals surface area contributed by atoms with Gasteiger partial charge < -0.3 is 4.74 Å². The number of hydrogen-bond acceptors (Lipinski definition) is 3. The van der Waals surface area contributed by atoms with E-state index in [0.29, 0.717) is 6.61 Å². The van der Waals surface area contributed by atoms with Gasteiger partial charge in [-0.05, 0) is 47.2 Å². The van der Waals surface area contributed by atoms with Crippen LogP contribution in [-0.2, 0) is 24.2 Å². The number of hydrogen-bond donors (Lipinski definition) is 0. The molecule has 0 atom stereocenters. The molecule has 0 radical (unpaired) electrons. The zero-order valence-corrected chi connectivity index (χ0v) is 15.5. The Labute approximate surface area is 164 Å². The summed E-state index contributed by atoms with van der Waals surface area (Å²) in [5.41, 5.74) is 7.04. The highest BCUT2D eigenvalue weighted by Crippen LogP contribution is 2.35. The van der Waals surface area contributed by atoms with Gasteiger partial charge in [0.2, 0.25) is 0 Å². The summed E-state index contributed by atoms with van der Waals surface area (Å²) in [6.45, 7) is 0.417. The van der Waals surface area contributed by atoms with E-state index in [9.17, 15) is 0 Å². The van der Waals surface area contributed by atoms with Crippen molar-refractivity contribution >= 4 is 0 Å². The van der Waals surface area contributed by atoms with Crippen LogP contribution in [0.3, 0.4) is 0 Å². The van der Waals surface area contributed by atoms with Gasteiger partial charge in [-0.1, -0.05) is 71.9 Å². The van der Waals surface area contributed by atoms with E-state index in [0.717, 1.165) is 24.2 Å². The van der Waals surface area contributed by atoms with Crippen LogP contribution in [0.1, 0.15) is 34.1 Å². The molecule has 1 heterocycles. The lowest BCUT2D eigenvalue weighted by Crippen LogP contribution is -2.08. The largest absolute Gasteiger partial charge is 0.362 e. The van der Waals surface area contributed by atoms with Gasteiger partial charge in [0, 0.05) is 0 Å². The Balaban J connectivity index is 1.43. The summed E-state index contributed by atoms with van der Waals surface area (Å²) in [6, 6.07) is 27.2. The first kappa shape index (κ1) is 16.9. The summed E-state index contributed by atoms with van der Waals surface area (Å²) in [6.07, 6.45) is 3.93. The molecule has 4 nitrogen and oxygen atoms in total. The molecule has 1 aromatic heterocycles. The monoisotopic (exact) mass is 367 g/mol. The quantitative estimate of drug-likeness (QED) is 0.526. The Kier molecular flexibility index (Phi) is 4.47. The minimum absolute atomic E-state index is 0.0863. The van der Waals surface area contributed by atoms with Gasteiger partial charge >= 0.3 is 0 Å². The fraction of sp³-hybridized carbons (Fsp3) is 0.167. The molecule has 0 fully saturated rings. The standard InChI is InChI=1S/C24H21N3O/c1-2-10-21(11-3-1)27-16-20(25-26-27)17-28-24-22-12-6-4-8-18(22)14-15-19-9-5-7-13-23(19)24/h1-13,16,24H,14-15,17H2. The summed E-state index contributed by atoms with van der Waals surface area (Å²) in [7, 11) is 0. The topological polar surface area (TPSA) is 39.9 Å². The predicted molar refractivity (Wildman–Crippen MR) is 108 cm³/mol. The van der Waals surface area contributed by atoms with Crippen molar-refractivity contribution in [3.05, 3.63) is 113 Å². The van der Waals surface area contributed by atoms with Gasteiger partial charge in [-0.15, -0.1) is 5.10 Å². The van der Waals surface area contributed by atoms with Gasteiger partial charge in [0.05, 0.1) is 18.5 Å². The van der Waals surface area contributed by atoms with E-state index in [1.165, 1.54) is 22.3 Å². The molecule has 0 bridgehead atoms. The molecular formula is C24H21N3O. The van der Waals surface area contributed by atoms with Crippen molar-refractivity contribution in [3.8, 4) is 5.69 Å². The number of nitrogens with zero attached hydrogens (tertiary/aromatic N) is 3. The van der Waals surface area contributed by atoms with Crippen LogP contribution in [-0.4, -0.2) is 15.0 Å². The molecule has 0 unspecified atom stereocenters. The van der Waals surface area contributed by atoms with Crippen molar-refractivity contribution in [2.75, 3.05) is 0 Å². The molecule has 1 aliphatic rings. The van der Waals surface area contributed by atoms with Crippen molar-refractivity contribution in [1.82, 2.24) is 15.0 Å². The second kappa shape index (κ2) is 7.41. The maximum Gasteiger partial charge on any atom is 0.109 e. The summed E-state index contributed by atoms with van der Waals surface area (Å²) < 4.78 is 8.22. The molecule has 0 spiro atoms. The van der Waals surface area contributed by atoms with Crippen LogP contribution in [0.2, 0.25) is 0 Å². The first-order valence-electron chi connectivity index (χ1n) is 9.62. The molecule has 28 heavy (non-hydrogen) atoms. The Morgan fingerprint density at radius 2 is 1.39 bits per heavy atom. The van der Waals surface area contributed by atoms with Crippen molar-refractivity contribution < 1.29 is 4.74 Å². The van der Waals surface area contributed by atoms with Crippen molar-refractivity contribution in [1.29, 1.82) is 0 Å². The average molecular weight is 367 g/mol. The second-order valence-corrected chi connectivity index (χ2v) is 7.08. The van der Waals surface area contributed by atoms with Crippen LogP contribution in [0.4, 0.5) is 0 Å². The lowest BCUT2D eigenvalue weighted by Gasteiger charge is -2.20. The van der Waals surface area contributed by atoms with Gasteiger partial charge in [-0.2, -0.15) is 0 Å². The van der Waals surface area contributed by atoms with Gasteiger partial charge in [0.1, 0.15) is 11.8 Å².